The largest absolute Gasteiger partial charge is 0.385 e. The SMILES string of the molecule is CCNC(=NCC(C)(C)S(C)(=O)=O)N1CCC(OCCCOC)CC1. The summed E-state index contributed by atoms with van der Waals surface area (Å²) in [6.45, 7) is 9.64. The number of hydrogen-bond acceptors (Lipinski definition) is 5. The maximum atomic E-state index is 11.9. The molecule has 0 bridgehead atoms. The van der Waals surface area contributed by atoms with Crippen molar-refractivity contribution < 1.29 is 17.9 Å². The zero-order valence-corrected chi connectivity index (χ0v) is 17.2. The quantitative estimate of drug-likeness (QED) is 0.371. The van der Waals surface area contributed by atoms with Gasteiger partial charge in [-0.1, -0.05) is 0 Å². The van der Waals surface area contributed by atoms with Crippen molar-refractivity contribution in [1.82, 2.24) is 10.2 Å². The van der Waals surface area contributed by atoms with Crippen molar-refractivity contribution in [3.8, 4) is 0 Å². The molecule has 7 nitrogen and oxygen atoms in total. The van der Waals surface area contributed by atoms with Gasteiger partial charge in [-0.3, -0.25) is 4.99 Å². The summed E-state index contributed by atoms with van der Waals surface area (Å²) in [6, 6.07) is 0. The second-order valence-electron chi connectivity index (χ2n) is 7.11. The van der Waals surface area contributed by atoms with Crippen LogP contribution in [0.1, 0.15) is 40.0 Å². The summed E-state index contributed by atoms with van der Waals surface area (Å²) < 4.78 is 33.8. The lowest BCUT2D eigenvalue weighted by molar-refractivity contribution is 0.00990. The van der Waals surface area contributed by atoms with E-state index in [0.717, 1.165) is 58.1 Å². The van der Waals surface area contributed by atoms with Crippen molar-refractivity contribution in [2.75, 3.05) is 52.8 Å². The van der Waals surface area contributed by atoms with E-state index in [0.29, 0.717) is 0 Å². The van der Waals surface area contributed by atoms with Crippen LogP contribution in [0.4, 0.5) is 0 Å². The van der Waals surface area contributed by atoms with Gasteiger partial charge in [0.05, 0.1) is 17.4 Å². The summed E-state index contributed by atoms with van der Waals surface area (Å²) in [5.41, 5.74) is 0. The van der Waals surface area contributed by atoms with Gasteiger partial charge >= 0.3 is 0 Å². The van der Waals surface area contributed by atoms with Crippen molar-refractivity contribution in [3.63, 3.8) is 0 Å². The van der Waals surface area contributed by atoms with Crippen LogP contribution in [0.3, 0.4) is 0 Å². The Balaban J connectivity index is 2.56. The van der Waals surface area contributed by atoms with Crippen LogP contribution in [0.5, 0.6) is 0 Å². The van der Waals surface area contributed by atoms with Crippen molar-refractivity contribution in [2.45, 2.75) is 50.9 Å². The first kappa shape index (κ1) is 22.2. The molecule has 8 heteroatoms. The van der Waals surface area contributed by atoms with Gasteiger partial charge in [0.15, 0.2) is 15.8 Å². The van der Waals surface area contributed by atoms with E-state index in [-0.39, 0.29) is 12.6 Å². The number of methoxy groups -OCH3 is 1. The molecule has 0 spiro atoms. The van der Waals surface area contributed by atoms with E-state index in [1.54, 1.807) is 21.0 Å². The normalized spacial score (nSPS) is 17.8. The number of guanidine groups is 1. The van der Waals surface area contributed by atoms with Gasteiger partial charge in [0.1, 0.15) is 0 Å². The van der Waals surface area contributed by atoms with Crippen LogP contribution in [-0.2, 0) is 19.3 Å². The Morgan fingerprint density at radius 3 is 2.44 bits per heavy atom. The van der Waals surface area contributed by atoms with Crippen LogP contribution < -0.4 is 5.32 Å². The molecule has 0 saturated carbocycles. The van der Waals surface area contributed by atoms with E-state index in [1.807, 2.05) is 6.92 Å². The summed E-state index contributed by atoms with van der Waals surface area (Å²) in [5.74, 6) is 0.789. The van der Waals surface area contributed by atoms with Gasteiger partial charge in [-0.25, -0.2) is 8.42 Å². The molecule has 0 aromatic heterocycles. The maximum Gasteiger partial charge on any atom is 0.193 e. The molecular formula is C17H35N3O4S. The fourth-order valence-corrected chi connectivity index (χ4v) is 2.79. The lowest BCUT2D eigenvalue weighted by Gasteiger charge is -2.34. The van der Waals surface area contributed by atoms with Crippen LogP contribution in [0.25, 0.3) is 0 Å². The molecule has 1 fully saturated rings. The molecule has 0 unspecified atom stereocenters. The Morgan fingerprint density at radius 2 is 1.92 bits per heavy atom. The first-order valence-electron chi connectivity index (χ1n) is 9.04. The highest BCUT2D eigenvalue weighted by Crippen LogP contribution is 2.17. The van der Waals surface area contributed by atoms with Crippen LogP contribution in [0.2, 0.25) is 0 Å². The molecule has 0 atom stereocenters. The third-order valence-electron chi connectivity index (χ3n) is 4.54. The number of rotatable bonds is 9. The third-order valence-corrected chi connectivity index (χ3v) is 6.67. The Bertz CT molecular complexity index is 512. The van der Waals surface area contributed by atoms with Crippen molar-refractivity contribution in [3.05, 3.63) is 0 Å². The van der Waals surface area contributed by atoms with Crippen LogP contribution >= 0.6 is 0 Å². The lowest BCUT2D eigenvalue weighted by atomic mass is 10.1. The molecule has 0 radical (unpaired) electrons. The zero-order chi connectivity index (χ0) is 18.9. The monoisotopic (exact) mass is 377 g/mol. The Labute approximate surface area is 153 Å². The van der Waals surface area contributed by atoms with Crippen molar-refractivity contribution in [1.29, 1.82) is 0 Å². The van der Waals surface area contributed by atoms with Crippen LogP contribution in [0, 0.1) is 0 Å². The van der Waals surface area contributed by atoms with Crippen molar-refractivity contribution in [2.24, 2.45) is 4.99 Å². The van der Waals surface area contributed by atoms with Gasteiger partial charge in [0.25, 0.3) is 0 Å². The highest BCUT2D eigenvalue weighted by molar-refractivity contribution is 7.92. The minimum absolute atomic E-state index is 0.252. The summed E-state index contributed by atoms with van der Waals surface area (Å²) in [7, 11) is -1.45. The lowest BCUT2D eigenvalue weighted by Crippen LogP contribution is -2.48. The molecule has 0 aromatic carbocycles. The van der Waals surface area contributed by atoms with E-state index >= 15 is 0 Å². The van der Waals surface area contributed by atoms with Crippen molar-refractivity contribution >= 4 is 15.8 Å². The smallest absolute Gasteiger partial charge is 0.193 e. The summed E-state index contributed by atoms with van der Waals surface area (Å²) in [6.07, 6.45) is 4.37. The number of hydrogen-bond donors (Lipinski definition) is 1. The topological polar surface area (TPSA) is 80.2 Å². The Morgan fingerprint density at radius 1 is 1.28 bits per heavy atom. The first-order valence-corrected chi connectivity index (χ1v) is 10.9. The van der Waals surface area contributed by atoms with E-state index in [1.165, 1.54) is 6.26 Å². The Kier molecular flexibility index (Phi) is 9.16. The molecule has 1 heterocycles. The molecule has 0 aliphatic carbocycles. The minimum atomic E-state index is -3.15. The molecule has 1 N–H and O–H groups in total. The standard InChI is InChI=1S/C17H35N3O4S/c1-6-18-16(19-14-17(2,3)25(5,21)22)20-10-8-15(9-11-20)24-13-7-12-23-4/h15H,6-14H2,1-5H3,(H,18,19). The van der Waals surface area contributed by atoms with E-state index in [9.17, 15) is 8.42 Å². The second-order valence-corrected chi connectivity index (χ2v) is 9.76. The van der Waals surface area contributed by atoms with E-state index in [4.69, 9.17) is 9.47 Å². The van der Waals surface area contributed by atoms with Gasteiger partial charge in [-0.15, -0.1) is 0 Å². The summed E-state index contributed by atoms with van der Waals surface area (Å²) in [4.78, 5) is 6.77. The van der Waals surface area contributed by atoms with Gasteiger partial charge < -0.3 is 19.7 Å². The van der Waals surface area contributed by atoms with E-state index in [2.05, 4.69) is 15.2 Å². The number of nitrogens with one attached hydrogen (secondary N) is 1. The number of ether oxygens (including phenoxy) is 2. The number of nitrogens with zero attached hydrogens (tertiary/aromatic N) is 2. The summed E-state index contributed by atoms with van der Waals surface area (Å²) >= 11 is 0. The minimum Gasteiger partial charge on any atom is -0.385 e. The number of piperidine rings is 1. The van der Waals surface area contributed by atoms with Gasteiger partial charge in [-0.2, -0.15) is 0 Å². The fourth-order valence-electron chi connectivity index (χ4n) is 2.50. The molecule has 1 aliphatic rings. The molecule has 1 rings (SSSR count). The molecule has 25 heavy (non-hydrogen) atoms. The predicted octanol–water partition coefficient (Wildman–Crippen LogP) is 1.29. The van der Waals surface area contributed by atoms with Crippen LogP contribution in [0.15, 0.2) is 4.99 Å². The zero-order valence-electron chi connectivity index (χ0n) is 16.4. The Hall–Kier alpha value is -0.860. The number of aliphatic imine (C=N–C) groups is 1. The molecule has 0 amide bonds. The van der Waals surface area contributed by atoms with Gasteiger partial charge in [0, 0.05) is 46.2 Å². The third kappa shape index (κ3) is 7.50. The maximum absolute atomic E-state index is 11.9. The van der Waals surface area contributed by atoms with E-state index < -0.39 is 14.6 Å². The number of sulfone groups is 1. The molecule has 148 valence electrons. The number of likely N-dealkylation sites (tertiary alicyclic amines) is 1. The molecular weight excluding hydrogens is 342 g/mol. The average Bonchev–Trinajstić information content (AvgIpc) is 2.55. The fraction of sp³-hybridized carbons (Fsp3) is 0.941. The predicted molar refractivity (Wildman–Crippen MR) is 102 cm³/mol. The highest BCUT2D eigenvalue weighted by atomic mass is 32.2. The highest BCUT2D eigenvalue weighted by Gasteiger charge is 2.30. The molecule has 1 saturated heterocycles. The van der Waals surface area contributed by atoms with Gasteiger partial charge in [0.2, 0.25) is 0 Å². The first-order chi connectivity index (χ1) is 11.7. The van der Waals surface area contributed by atoms with Crippen LogP contribution in [-0.4, -0.2) is 82.9 Å². The molecule has 1 aliphatic heterocycles. The molecule has 0 aromatic rings. The van der Waals surface area contributed by atoms with Gasteiger partial charge in [-0.05, 0) is 40.0 Å². The average molecular weight is 378 g/mol. The summed E-state index contributed by atoms with van der Waals surface area (Å²) in [5, 5.41) is 3.27. The second kappa shape index (κ2) is 10.3.